The number of ether oxygens (including phenoxy) is 1. The van der Waals surface area contributed by atoms with Crippen molar-refractivity contribution in [3.63, 3.8) is 0 Å². The summed E-state index contributed by atoms with van der Waals surface area (Å²) in [5.41, 5.74) is 0. The van der Waals surface area contributed by atoms with Crippen LogP contribution in [0.4, 0.5) is 0 Å². The molecule has 0 saturated heterocycles. The number of esters is 1. The molecule has 0 rings (SSSR count). The fourth-order valence-corrected chi connectivity index (χ4v) is 0.462. The number of carbonyl (C=O) groups is 1. The lowest BCUT2D eigenvalue weighted by atomic mass is 10.3. The molecule has 0 unspecified atom stereocenters. The van der Waals surface area contributed by atoms with E-state index in [-0.39, 0.29) is 0 Å². The van der Waals surface area contributed by atoms with E-state index in [1.54, 1.807) is 19.1 Å². The van der Waals surface area contributed by atoms with Gasteiger partial charge in [0.15, 0.2) is 0 Å². The Morgan fingerprint density at radius 1 is 1.80 bits per heavy atom. The highest BCUT2D eigenvalue weighted by Crippen LogP contribution is 1.92. The van der Waals surface area contributed by atoms with Crippen molar-refractivity contribution in [3.05, 3.63) is 12.2 Å². The molecule has 10 heavy (non-hydrogen) atoms. The third kappa shape index (κ3) is 3.67. The van der Waals surface area contributed by atoms with Crippen molar-refractivity contribution in [2.75, 3.05) is 0 Å². The summed E-state index contributed by atoms with van der Waals surface area (Å²) in [7, 11) is 0. The van der Waals surface area contributed by atoms with Crippen molar-refractivity contribution < 1.29 is 9.53 Å². The molecule has 0 aliphatic heterocycles. The van der Waals surface area contributed by atoms with Crippen molar-refractivity contribution in [3.8, 4) is 6.07 Å². The van der Waals surface area contributed by atoms with Crippen LogP contribution in [0.5, 0.6) is 0 Å². The van der Waals surface area contributed by atoms with E-state index in [9.17, 15) is 4.79 Å². The molecule has 1 atom stereocenters. The molecule has 54 valence electrons. The van der Waals surface area contributed by atoms with Crippen molar-refractivity contribution in [2.45, 2.75) is 20.0 Å². The summed E-state index contributed by atoms with van der Waals surface area (Å²) in [6.07, 6.45) is 2.44. The number of nitriles is 1. The third-order valence-corrected chi connectivity index (χ3v) is 0.787. The van der Waals surface area contributed by atoms with Gasteiger partial charge in [0.1, 0.15) is 6.07 Å². The maximum absolute atomic E-state index is 10.3. The van der Waals surface area contributed by atoms with Crippen molar-refractivity contribution in [1.82, 2.24) is 0 Å². The summed E-state index contributed by atoms with van der Waals surface area (Å²) in [6, 6.07) is 1.80. The predicted octanol–water partition coefficient (Wildman–Crippen LogP) is 1.02. The van der Waals surface area contributed by atoms with Crippen LogP contribution in [0.25, 0.3) is 0 Å². The molecule has 0 aromatic heterocycles. The average molecular weight is 139 g/mol. The third-order valence-electron chi connectivity index (χ3n) is 0.787. The highest BCUT2D eigenvalue weighted by Gasteiger charge is 2.03. The molecule has 0 saturated carbocycles. The van der Waals surface area contributed by atoms with Gasteiger partial charge in [0, 0.05) is 6.92 Å². The van der Waals surface area contributed by atoms with Crippen LogP contribution in [0.3, 0.4) is 0 Å². The summed E-state index contributed by atoms with van der Waals surface area (Å²) >= 11 is 0. The Morgan fingerprint density at radius 3 is 2.70 bits per heavy atom. The van der Waals surface area contributed by atoms with Crippen LogP contribution in [-0.2, 0) is 9.53 Å². The molecule has 0 radical (unpaired) electrons. The Bertz CT molecular complexity index is 179. The van der Waals surface area contributed by atoms with Crippen LogP contribution >= 0.6 is 0 Å². The van der Waals surface area contributed by atoms with Gasteiger partial charge in [-0.1, -0.05) is 6.08 Å². The van der Waals surface area contributed by atoms with Gasteiger partial charge in [-0.25, -0.2) is 0 Å². The first-order valence-electron chi connectivity index (χ1n) is 2.90. The lowest BCUT2D eigenvalue weighted by molar-refractivity contribution is -0.142. The summed E-state index contributed by atoms with van der Waals surface area (Å²) in [5, 5.41) is 8.33. The smallest absolute Gasteiger partial charge is 0.304 e. The molecular weight excluding hydrogens is 130 g/mol. The molecule has 0 bridgehead atoms. The Kier molecular flexibility index (Phi) is 3.97. The highest BCUT2D eigenvalue weighted by molar-refractivity contribution is 5.66. The normalized spacial score (nSPS) is 12.5. The average Bonchev–Trinajstić information content (AvgIpc) is 1.86. The second-order valence-corrected chi connectivity index (χ2v) is 1.68. The quantitative estimate of drug-likeness (QED) is 0.424. The number of hydrogen-bond donors (Lipinski definition) is 0. The Morgan fingerprint density at radius 2 is 2.40 bits per heavy atom. The van der Waals surface area contributed by atoms with Crippen LogP contribution in [0.15, 0.2) is 12.2 Å². The van der Waals surface area contributed by atoms with Gasteiger partial charge in [0.05, 0.1) is 0 Å². The molecular formula is C7H9NO2. The minimum atomic E-state index is -0.734. The van der Waals surface area contributed by atoms with Gasteiger partial charge in [-0.3, -0.25) is 4.79 Å². The summed E-state index contributed by atoms with van der Waals surface area (Å²) < 4.78 is 4.55. The van der Waals surface area contributed by atoms with E-state index in [0.717, 1.165) is 0 Å². The first kappa shape index (κ1) is 8.70. The molecule has 0 spiro atoms. The molecule has 3 heteroatoms. The van der Waals surface area contributed by atoms with Crippen molar-refractivity contribution in [1.29, 1.82) is 5.26 Å². The molecule has 0 N–H and O–H groups in total. The first-order chi connectivity index (χ1) is 4.70. The fourth-order valence-electron chi connectivity index (χ4n) is 0.462. The second kappa shape index (κ2) is 4.57. The van der Waals surface area contributed by atoms with Gasteiger partial charge < -0.3 is 4.74 Å². The molecule has 0 fully saturated rings. The zero-order valence-electron chi connectivity index (χ0n) is 6.00. The molecule has 3 nitrogen and oxygen atoms in total. The second-order valence-electron chi connectivity index (χ2n) is 1.68. The summed E-state index contributed by atoms with van der Waals surface area (Å²) in [5.74, 6) is -0.440. The van der Waals surface area contributed by atoms with Crippen molar-refractivity contribution >= 4 is 5.97 Å². The number of carbonyl (C=O) groups excluding carboxylic acids is 1. The minimum absolute atomic E-state index is 0.440. The standard InChI is InChI=1S/C7H9NO2/c1-3-4-7(5-8)10-6(2)9/h3-4,7H,1-2H3/b4-3+/t7-/m0/s1. The predicted molar refractivity (Wildman–Crippen MR) is 36.0 cm³/mol. The lowest BCUT2D eigenvalue weighted by Crippen LogP contribution is -2.10. The topological polar surface area (TPSA) is 50.1 Å². The van der Waals surface area contributed by atoms with E-state index in [0.29, 0.717) is 0 Å². The van der Waals surface area contributed by atoms with Gasteiger partial charge in [0.25, 0.3) is 0 Å². The van der Waals surface area contributed by atoms with Gasteiger partial charge in [-0.2, -0.15) is 5.26 Å². The van der Waals surface area contributed by atoms with E-state index in [1.165, 1.54) is 13.0 Å². The van der Waals surface area contributed by atoms with E-state index in [1.807, 2.05) is 0 Å². The van der Waals surface area contributed by atoms with Gasteiger partial charge in [0.2, 0.25) is 6.10 Å². The van der Waals surface area contributed by atoms with Crippen LogP contribution in [0.2, 0.25) is 0 Å². The maximum atomic E-state index is 10.3. The van der Waals surface area contributed by atoms with E-state index >= 15 is 0 Å². The van der Waals surface area contributed by atoms with Crippen LogP contribution < -0.4 is 0 Å². The van der Waals surface area contributed by atoms with Crippen molar-refractivity contribution in [2.24, 2.45) is 0 Å². The van der Waals surface area contributed by atoms with E-state index in [2.05, 4.69) is 4.74 Å². The number of nitrogens with zero attached hydrogens (tertiary/aromatic N) is 1. The van der Waals surface area contributed by atoms with Crippen LogP contribution in [0, 0.1) is 11.3 Å². The van der Waals surface area contributed by atoms with E-state index < -0.39 is 12.1 Å². The number of allylic oxidation sites excluding steroid dienone is 1. The summed E-state index contributed by atoms with van der Waals surface area (Å²) in [4.78, 5) is 10.3. The maximum Gasteiger partial charge on any atom is 0.304 e. The Balaban J connectivity index is 3.87. The lowest BCUT2D eigenvalue weighted by Gasteiger charge is -2.01. The summed E-state index contributed by atoms with van der Waals surface area (Å²) in [6.45, 7) is 3.03. The molecule has 0 amide bonds. The zero-order chi connectivity index (χ0) is 7.98. The fraction of sp³-hybridized carbons (Fsp3) is 0.429. The minimum Gasteiger partial charge on any atom is -0.443 e. The Labute approximate surface area is 59.9 Å². The van der Waals surface area contributed by atoms with Gasteiger partial charge >= 0.3 is 5.97 Å². The SMILES string of the molecule is C/C=C/[C@@H](C#N)OC(C)=O. The van der Waals surface area contributed by atoms with Crippen LogP contribution in [0.1, 0.15) is 13.8 Å². The molecule has 0 aromatic rings. The highest BCUT2D eigenvalue weighted by atomic mass is 16.5. The molecule has 0 aliphatic carbocycles. The van der Waals surface area contributed by atoms with Crippen LogP contribution in [-0.4, -0.2) is 12.1 Å². The van der Waals surface area contributed by atoms with E-state index in [4.69, 9.17) is 5.26 Å². The Hall–Kier alpha value is -1.30. The zero-order valence-corrected chi connectivity index (χ0v) is 6.00. The first-order valence-corrected chi connectivity index (χ1v) is 2.90. The largest absolute Gasteiger partial charge is 0.443 e. The molecule has 0 aromatic carbocycles. The van der Waals surface area contributed by atoms with Gasteiger partial charge in [-0.05, 0) is 13.0 Å². The van der Waals surface area contributed by atoms with Gasteiger partial charge in [-0.15, -0.1) is 0 Å². The molecule has 0 heterocycles. The number of hydrogen-bond acceptors (Lipinski definition) is 3. The number of rotatable bonds is 2. The molecule has 0 aliphatic rings. The monoisotopic (exact) mass is 139 g/mol.